The Kier molecular flexibility index (Phi) is 192. The van der Waals surface area contributed by atoms with Gasteiger partial charge in [0.2, 0.25) is 0 Å². The Morgan fingerprint density at radius 3 is 1.20 bits per heavy atom. The van der Waals surface area contributed by atoms with Crippen LogP contribution < -0.4 is 0 Å². The van der Waals surface area contributed by atoms with E-state index in [9.17, 15) is 0 Å². The second kappa shape index (κ2) is 25.3. The van der Waals surface area contributed by atoms with E-state index >= 15 is 0 Å². The summed E-state index contributed by atoms with van der Waals surface area (Å²) in [5, 5.41) is 0. The van der Waals surface area contributed by atoms with Gasteiger partial charge in [-0.15, -0.1) is 0 Å². The molecule has 0 aromatic carbocycles. The second-order valence-corrected chi connectivity index (χ2v) is 0. The van der Waals surface area contributed by atoms with Gasteiger partial charge >= 0.3 is 23.1 Å². The molecule has 0 fully saturated rings. The summed E-state index contributed by atoms with van der Waals surface area (Å²) in [7, 11) is 0. The van der Waals surface area contributed by atoms with Crippen LogP contribution in [0.25, 0.3) is 0 Å². The molecule has 0 saturated heterocycles. The molecular formula is H2AlBiInMgZn. The largest absolute Gasteiger partial charge is 2.00 e. The van der Waals surface area contributed by atoms with Gasteiger partial charge in [-0.25, -0.2) is 0 Å². The van der Waals surface area contributed by atoms with Crippen LogP contribution in [0.3, 0.4) is 0 Å². The maximum absolute atomic E-state index is 0. The van der Waals surface area contributed by atoms with Crippen LogP contribution >= 0.6 is 0 Å². The summed E-state index contributed by atoms with van der Waals surface area (Å²) in [6.07, 6.45) is 0. The van der Waals surface area contributed by atoms with Crippen molar-refractivity contribution in [3.63, 3.8) is 0 Å². The molecule has 5 heavy (non-hydrogen) atoms. The van der Waals surface area contributed by atoms with Gasteiger partial charge in [-0.3, -0.25) is 0 Å². The summed E-state index contributed by atoms with van der Waals surface area (Å²) >= 11 is 0. The van der Waals surface area contributed by atoms with E-state index in [1.807, 2.05) is 0 Å². The Morgan fingerprint density at radius 1 is 1.20 bits per heavy atom. The average molecular weight is 442 g/mol. The van der Waals surface area contributed by atoms with Gasteiger partial charge in [0.1, 0.15) is 0 Å². The molecule has 0 amide bonds. The first-order valence-corrected chi connectivity index (χ1v) is 0. The minimum absolute atomic E-state index is 0. The Labute approximate surface area is 113 Å². The van der Waals surface area contributed by atoms with E-state index in [1.165, 1.54) is 0 Å². The van der Waals surface area contributed by atoms with Crippen LogP contribution in [0.15, 0.2) is 0 Å². The molecule has 0 spiro atoms. The third kappa shape index (κ3) is 18.3. The number of rotatable bonds is 0. The zero-order valence-electron chi connectivity index (χ0n) is 5.02. The quantitative estimate of drug-likeness (QED) is 0.410. The predicted octanol–water partition coefficient (Wildman–Crippen LogP) is -1.30. The van der Waals surface area contributed by atoms with Gasteiger partial charge in [-0.2, -0.15) is 0 Å². The molecule has 0 aliphatic heterocycles. The third-order valence-electron chi connectivity index (χ3n) is 0. The van der Waals surface area contributed by atoms with Gasteiger partial charge < -0.3 is 2.85 Å². The topological polar surface area (TPSA) is 0 Å². The Bertz CT molecular complexity index is 17.7. The van der Waals surface area contributed by atoms with Crippen LogP contribution in [0, 0.1) is 0 Å². The van der Waals surface area contributed by atoms with Crippen LogP contribution in [0.4, 0.5) is 0 Å². The van der Waals surface area contributed by atoms with E-state index in [0.717, 1.165) is 0 Å². The summed E-state index contributed by atoms with van der Waals surface area (Å²) in [5.41, 5.74) is 0. The van der Waals surface area contributed by atoms with Crippen molar-refractivity contribution in [2.75, 3.05) is 0 Å². The smallest absolute Gasteiger partial charge is 1.00 e. The normalized spacial score (nSPS) is 0. The first-order valence-electron chi connectivity index (χ1n) is 0. The molecule has 0 heterocycles. The SMILES string of the molecule is [Al].[Bi].[H-].[H-].[In].[Mg+2].[Zn]. The van der Waals surface area contributed by atoms with Gasteiger partial charge in [0.15, 0.2) is 0 Å². The van der Waals surface area contributed by atoms with Gasteiger partial charge in [-0.05, 0) is 0 Å². The summed E-state index contributed by atoms with van der Waals surface area (Å²) in [4.78, 5) is 0. The predicted molar refractivity (Wildman–Crippen MR) is 25.2 cm³/mol. The molecule has 0 rings (SSSR count). The van der Waals surface area contributed by atoms with Crippen LogP contribution in [0.1, 0.15) is 2.85 Å². The Hall–Kier alpha value is 3.68. The molecule has 0 saturated carbocycles. The molecule has 17 valence electrons. The van der Waals surface area contributed by atoms with Crippen molar-refractivity contribution in [3.05, 3.63) is 0 Å². The van der Waals surface area contributed by atoms with E-state index in [1.54, 1.807) is 0 Å². The van der Waals surface area contributed by atoms with Gasteiger partial charge in [0.25, 0.3) is 0 Å². The van der Waals surface area contributed by atoms with Crippen molar-refractivity contribution >= 4 is 92.5 Å². The molecule has 0 aromatic heterocycles. The van der Waals surface area contributed by atoms with Gasteiger partial charge in [0.05, 0.1) is 0 Å². The van der Waals surface area contributed by atoms with Crippen LogP contribution in [-0.2, 0) is 19.5 Å². The first kappa shape index (κ1) is 37.8. The van der Waals surface area contributed by atoms with E-state index < -0.39 is 0 Å². The molecule has 0 aliphatic rings. The van der Waals surface area contributed by atoms with Crippen molar-refractivity contribution in [1.29, 1.82) is 0 Å². The molecule has 0 N–H and O–H groups in total. The number of hydrogen-bond acceptors (Lipinski definition) is 0. The summed E-state index contributed by atoms with van der Waals surface area (Å²) in [6, 6.07) is 0. The van der Waals surface area contributed by atoms with Crippen molar-refractivity contribution in [2.45, 2.75) is 0 Å². The summed E-state index contributed by atoms with van der Waals surface area (Å²) in [6.45, 7) is 0. The zero-order valence-corrected chi connectivity index (χ0v) is 15.3. The maximum Gasteiger partial charge on any atom is 2.00 e. The molecule has 0 bridgehead atoms. The second-order valence-electron chi connectivity index (χ2n) is 0. The van der Waals surface area contributed by atoms with Crippen molar-refractivity contribution in [3.8, 4) is 0 Å². The van der Waals surface area contributed by atoms with Crippen LogP contribution in [0.2, 0.25) is 0 Å². The first-order chi connectivity index (χ1) is 0. The molecule has 0 aromatic rings. The van der Waals surface area contributed by atoms with Crippen LogP contribution in [-0.4, -0.2) is 92.5 Å². The minimum atomic E-state index is 0. The molecule has 0 unspecified atom stereocenters. The Balaban J connectivity index is 0. The van der Waals surface area contributed by atoms with Gasteiger partial charge in [0, 0.05) is 88.9 Å². The number of hydrogen-bond donors (Lipinski definition) is 0. The monoisotopic (exact) mass is 441 g/mol. The average Bonchev–Trinajstić information content (AvgIpc) is 0. The van der Waals surface area contributed by atoms with E-state index in [2.05, 4.69) is 0 Å². The van der Waals surface area contributed by atoms with Crippen LogP contribution in [0.5, 0.6) is 0 Å². The van der Waals surface area contributed by atoms with E-state index in [0.29, 0.717) is 0 Å². The summed E-state index contributed by atoms with van der Waals surface area (Å²) in [5.74, 6) is 0. The third-order valence-corrected chi connectivity index (χ3v) is 0. The van der Waals surface area contributed by atoms with Crippen molar-refractivity contribution < 1.29 is 22.3 Å². The molecule has 0 atom stereocenters. The zero-order chi connectivity index (χ0) is 0. The summed E-state index contributed by atoms with van der Waals surface area (Å²) < 4.78 is 0. The standard InChI is InChI=1S/Al.Bi.In.Mg.Zn.2H/q;;;+2;;2*-1. The Morgan fingerprint density at radius 2 is 1.20 bits per heavy atom. The van der Waals surface area contributed by atoms with Crippen molar-refractivity contribution in [2.24, 2.45) is 0 Å². The molecule has 9 radical (unpaired) electrons. The van der Waals surface area contributed by atoms with E-state index in [4.69, 9.17) is 0 Å². The van der Waals surface area contributed by atoms with Crippen molar-refractivity contribution in [1.82, 2.24) is 0 Å². The minimum Gasteiger partial charge on any atom is -1.00 e. The molecule has 0 aliphatic carbocycles. The molecular weight excluding hydrogens is 440 g/mol. The fourth-order valence-electron chi connectivity index (χ4n) is 0. The molecule has 0 nitrogen and oxygen atoms in total. The fourth-order valence-corrected chi connectivity index (χ4v) is 0. The molecule has 5 heteroatoms. The maximum atomic E-state index is 0. The fraction of sp³-hybridized carbons (Fsp3) is 0. The van der Waals surface area contributed by atoms with E-state index in [-0.39, 0.29) is 115 Å². The van der Waals surface area contributed by atoms with Gasteiger partial charge in [-0.1, -0.05) is 0 Å².